The Kier molecular flexibility index (Phi) is 7.52. The van der Waals surface area contributed by atoms with Crippen LogP contribution in [0.4, 0.5) is 17.1 Å². The van der Waals surface area contributed by atoms with Gasteiger partial charge in [-0.05, 0) is 53.1 Å². The molecule has 0 saturated heterocycles. The summed E-state index contributed by atoms with van der Waals surface area (Å²) in [6, 6.07) is 68.3. The molecule has 0 N–H and O–H groups in total. The lowest BCUT2D eigenvalue weighted by Gasteiger charge is -2.41. The van der Waals surface area contributed by atoms with Gasteiger partial charge in [0.1, 0.15) is 0 Å². The Balaban J connectivity index is 1.04. The number of quaternary nitrogens is 1. The fraction of sp³-hybridized carbons (Fsp3) is 0.0370. The number of para-hydroxylation sites is 1. The minimum absolute atomic E-state index is 0.181. The van der Waals surface area contributed by atoms with Gasteiger partial charge in [-0.25, -0.2) is 9.97 Å². The molecule has 58 heavy (non-hydrogen) atoms. The van der Waals surface area contributed by atoms with E-state index in [-0.39, 0.29) is 5.92 Å². The third kappa shape index (κ3) is 4.92. The molecule has 0 radical (unpaired) electrons. The Morgan fingerprint density at radius 3 is 1.69 bits per heavy atom. The topological polar surface area (TPSA) is 25.8 Å². The maximum atomic E-state index is 5.13. The molecule has 1 aliphatic carbocycles. The number of rotatable bonds is 4. The SMILES string of the molecule is C1=CC2=C(c3ccccc3[N+]23c2ccc4ccccc4c2Sc2c3ccc3ccccc23)C(c2ccc(-c3cc(-c4ccccc4)nc(-c4ccccc4)n3)cc2)C1. The van der Waals surface area contributed by atoms with Crippen LogP contribution in [0.25, 0.3) is 61.0 Å². The largest absolute Gasteiger partial charge is 0.228 e. The van der Waals surface area contributed by atoms with Crippen molar-refractivity contribution >= 4 is 55.9 Å². The number of aromatic nitrogens is 2. The van der Waals surface area contributed by atoms with Crippen LogP contribution in [0, 0.1) is 0 Å². The molecule has 1 unspecified atom stereocenters. The number of nitrogens with zero attached hydrogens (tertiary/aromatic N) is 3. The number of hydrogen-bond acceptors (Lipinski definition) is 3. The monoisotopic (exact) mass is 758 g/mol. The summed E-state index contributed by atoms with van der Waals surface area (Å²) in [5.41, 5.74) is 14.3. The highest BCUT2D eigenvalue weighted by molar-refractivity contribution is 8.00. The highest BCUT2D eigenvalue weighted by atomic mass is 32.2. The summed E-state index contributed by atoms with van der Waals surface area (Å²) in [6.07, 6.45) is 5.78. The molecule has 0 amide bonds. The molecule has 1 aromatic heterocycles. The summed E-state index contributed by atoms with van der Waals surface area (Å²) in [7, 11) is 0. The van der Waals surface area contributed by atoms with Gasteiger partial charge in [-0.1, -0.05) is 163 Å². The van der Waals surface area contributed by atoms with Gasteiger partial charge in [0.05, 0.1) is 21.2 Å². The predicted octanol–water partition coefficient (Wildman–Crippen LogP) is 14.7. The second-order valence-electron chi connectivity index (χ2n) is 15.4. The molecule has 3 aliphatic rings. The summed E-state index contributed by atoms with van der Waals surface area (Å²) in [6.45, 7) is 0. The second kappa shape index (κ2) is 13.1. The van der Waals surface area contributed by atoms with Crippen LogP contribution < -0.4 is 4.48 Å². The molecule has 12 rings (SSSR count). The normalized spacial score (nSPS) is 16.0. The highest BCUT2D eigenvalue weighted by Crippen LogP contribution is 2.68. The first-order valence-electron chi connectivity index (χ1n) is 20.0. The average molecular weight is 759 g/mol. The minimum atomic E-state index is 0.181. The van der Waals surface area contributed by atoms with E-state index in [0.717, 1.165) is 40.3 Å². The van der Waals surface area contributed by atoms with Crippen molar-refractivity contribution in [2.24, 2.45) is 0 Å². The zero-order valence-electron chi connectivity index (χ0n) is 31.6. The van der Waals surface area contributed by atoms with E-state index >= 15 is 0 Å². The first-order chi connectivity index (χ1) is 28.8. The fourth-order valence-electron chi connectivity index (χ4n) is 9.66. The lowest BCUT2D eigenvalue weighted by molar-refractivity contribution is 0.634. The van der Waals surface area contributed by atoms with E-state index in [1.54, 1.807) is 0 Å². The summed E-state index contributed by atoms with van der Waals surface area (Å²) in [4.78, 5) is 12.8. The van der Waals surface area contributed by atoms with Crippen LogP contribution in [0.3, 0.4) is 0 Å². The van der Waals surface area contributed by atoms with Crippen LogP contribution in [0.1, 0.15) is 23.5 Å². The van der Waals surface area contributed by atoms with E-state index in [1.165, 1.54) is 70.8 Å². The second-order valence-corrected chi connectivity index (χ2v) is 16.4. The Morgan fingerprint density at radius 1 is 0.483 bits per heavy atom. The zero-order valence-corrected chi connectivity index (χ0v) is 32.4. The van der Waals surface area contributed by atoms with Gasteiger partial charge in [0.2, 0.25) is 0 Å². The maximum Gasteiger partial charge on any atom is 0.162 e. The first kappa shape index (κ1) is 33.3. The van der Waals surface area contributed by atoms with Gasteiger partial charge in [-0.15, -0.1) is 0 Å². The summed E-state index contributed by atoms with van der Waals surface area (Å²) >= 11 is 1.94. The third-order valence-electron chi connectivity index (χ3n) is 12.3. The zero-order chi connectivity index (χ0) is 38.2. The molecule has 4 heteroatoms. The van der Waals surface area contributed by atoms with Crippen LogP contribution in [-0.2, 0) is 0 Å². The first-order valence-corrected chi connectivity index (χ1v) is 20.8. The van der Waals surface area contributed by atoms with Crippen molar-refractivity contribution in [1.29, 1.82) is 0 Å². The molecule has 2 aliphatic heterocycles. The minimum Gasteiger partial charge on any atom is -0.228 e. The van der Waals surface area contributed by atoms with Gasteiger partial charge in [-0.3, -0.25) is 0 Å². The molecular formula is C54H36N3S+. The predicted molar refractivity (Wildman–Crippen MR) is 241 cm³/mol. The number of allylic oxidation sites excluding steroid dienone is 3. The van der Waals surface area contributed by atoms with Gasteiger partial charge >= 0.3 is 0 Å². The number of benzene rings is 8. The molecule has 1 atom stereocenters. The van der Waals surface area contributed by atoms with E-state index in [2.05, 4.69) is 176 Å². The van der Waals surface area contributed by atoms with Crippen LogP contribution in [0.5, 0.6) is 0 Å². The number of hydrogen-bond donors (Lipinski definition) is 0. The van der Waals surface area contributed by atoms with Crippen LogP contribution in [-0.4, -0.2) is 9.97 Å². The Labute approximate surface area is 341 Å². The van der Waals surface area contributed by atoms with Crippen molar-refractivity contribution in [2.45, 2.75) is 22.1 Å². The third-order valence-corrected chi connectivity index (χ3v) is 13.5. The van der Waals surface area contributed by atoms with Crippen molar-refractivity contribution in [3.63, 3.8) is 0 Å². The van der Waals surface area contributed by atoms with Gasteiger partial charge in [0.15, 0.2) is 28.6 Å². The fourth-order valence-corrected chi connectivity index (χ4v) is 11.1. The van der Waals surface area contributed by atoms with Crippen molar-refractivity contribution in [2.75, 3.05) is 0 Å². The highest BCUT2D eigenvalue weighted by Gasteiger charge is 2.55. The van der Waals surface area contributed by atoms with Gasteiger partial charge < -0.3 is 0 Å². The standard InChI is InChI=1S/C54H36N3S/c1-3-16-38(17-4-1)45-34-46(56-54(55-45)40-18-5-2-6-19-40)39-28-26-37(27-29-39)41-23-13-25-48-51(41)44-22-11-12-24-47(44)57(48)49-32-30-35-14-7-9-20-42(35)52(49)58-53-43-21-10-8-15-36(43)31-33-50(53)57/h1-22,24-34,41H,23H2/q+1. The quantitative estimate of drug-likeness (QED) is 0.167. The molecule has 0 saturated carbocycles. The summed E-state index contributed by atoms with van der Waals surface area (Å²) < 4.78 is 0.579. The molecule has 3 nitrogen and oxygen atoms in total. The van der Waals surface area contributed by atoms with Crippen LogP contribution in [0.2, 0.25) is 0 Å². The van der Waals surface area contributed by atoms with Gasteiger partial charge in [0, 0.05) is 62.7 Å². The smallest absolute Gasteiger partial charge is 0.162 e. The van der Waals surface area contributed by atoms with E-state index in [1.807, 2.05) is 36.0 Å². The molecule has 0 bridgehead atoms. The molecule has 0 fully saturated rings. The molecule has 8 aromatic carbocycles. The van der Waals surface area contributed by atoms with Gasteiger partial charge in [0.25, 0.3) is 0 Å². The van der Waals surface area contributed by atoms with E-state index in [4.69, 9.17) is 9.97 Å². The summed E-state index contributed by atoms with van der Waals surface area (Å²) in [5, 5.41) is 5.14. The Morgan fingerprint density at radius 2 is 1.03 bits per heavy atom. The summed E-state index contributed by atoms with van der Waals surface area (Å²) in [5.74, 6) is 0.908. The van der Waals surface area contributed by atoms with Crippen molar-refractivity contribution in [1.82, 2.24) is 14.5 Å². The molecule has 3 heterocycles. The molecule has 272 valence electrons. The lowest BCUT2D eigenvalue weighted by atomic mass is 9.81. The van der Waals surface area contributed by atoms with Crippen molar-refractivity contribution < 1.29 is 0 Å². The Bertz CT molecular complexity index is 3020. The van der Waals surface area contributed by atoms with E-state index < -0.39 is 0 Å². The molecular weight excluding hydrogens is 723 g/mol. The van der Waals surface area contributed by atoms with Crippen LogP contribution >= 0.6 is 11.8 Å². The lowest BCUT2D eigenvalue weighted by Crippen LogP contribution is -2.38. The van der Waals surface area contributed by atoms with Gasteiger partial charge in [-0.2, -0.15) is 4.48 Å². The molecule has 1 spiro atoms. The van der Waals surface area contributed by atoms with E-state index in [9.17, 15) is 0 Å². The Hall–Kier alpha value is -6.85. The van der Waals surface area contributed by atoms with Crippen molar-refractivity contribution in [3.8, 4) is 33.9 Å². The maximum absolute atomic E-state index is 5.13. The molecule has 9 aromatic rings. The van der Waals surface area contributed by atoms with Crippen molar-refractivity contribution in [3.05, 3.63) is 217 Å². The average Bonchev–Trinajstić information content (AvgIpc) is 3.60. The van der Waals surface area contributed by atoms with Crippen LogP contribution in [0.15, 0.2) is 216 Å². The number of fused-ring (bicyclic) bond motifs is 12. The van der Waals surface area contributed by atoms with E-state index in [0.29, 0.717) is 4.48 Å².